The van der Waals surface area contributed by atoms with Gasteiger partial charge < -0.3 is 14.2 Å². The fourth-order valence-electron chi connectivity index (χ4n) is 2.78. The molecule has 0 atom stereocenters. The first-order valence-corrected chi connectivity index (χ1v) is 6.50. The van der Waals surface area contributed by atoms with Crippen molar-refractivity contribution < 1.29 is 4.74 Å². The van der Waals surface area contributed by atoms with Gasteiger partial charge in [0.2, 0.25) is 0 Å². The first-order chi connectivity index (χ1) is 8.69. The van der Waals surface area contributed by atoms with E-state index >= 15 is 0 Å². The first kappa shape index (κ1) is 11.6. The maximum atomic E-state index is 5.32. The van der Waals surface area contributed by atoms with Gasteiger partial charge in [0.25, 0.3) is 0 Å². The Bertz CT molecular complexity index is 553. The molecule has 0 unspecified atom stereocenters. The minimum Gasteiger partial charge on any atom is -0.497 e. The molecule has 3 nitrogen and oxygen atoms in total. The third kappa shape index (κ3) is 1.79. The van der Waals surface area contributed by atoms with Gasteiger partial charge in [0, 0.05) is 24.3 Å². The summed E-state index contributed by atoms with van der Waals surface area (Å²) in [5, 5.41) is 1.30. The Kier molecular flexibility index (Phi) is 2.78. The lowest BCUT2D eigenvalue weighted by molar-refractivity contribution is 0.132. The molecule has 0 saturated heterocycles. The van der Waals surface area contributed by atoms with Crippen LogP contribution in [-0.4, -0.2) is 36.7 Å². The molecule has 0 spiro atoms. The van der Waals surface area contributed by atoms with Crippen LogP contribution in [0.5, 0.6) is 5.75 Å². The number of aromatic nitrogens is 1. The van der Waals surface area contributed by atoms with Crippen molar-refractivity contribution in [3.05, 3.63) is 30.5 Å². The Hall–Kier alpha value is -1.48. The second-order valence-electron chi connectivity index (χ2n) is 5.39. The van der Waals surface area contributed by atoms with Gasteiger partial charge in [-0.05, 0) is 50.5 Å². The van der Waals surface area contributed by atoms with E-state index in [4.69, 9.17) is 4.74 Å². The molecule has 0 aliphatic heterocycles. The van der Waals surface area contributed by atoms with E-state index in [2.05, 4.69) is 48.0 Å². The standard InChI is InChI=1S/C15H20N2O/c1-16(2)12-8-13(9-12)17-7-6-11-4-5-14(18-3)10-15(11)17/h4-7,10,12-13H,8-9H2,1-3H3. The van der Waals surface area contributed by atoms with E-state index in [-0.39, 0.29) is 0 Å². The Labute approximate surface area is 108 Å². The third-order valence-corrected chi connectivity index (χ3v) is 4.14. The van der Waals surface area contributed by atoms with Gasteiger partial charge in [-0.15, -0.1) is 0 Å². The molecule has 3 heteroatoms. The van der Waals surface area contributed by atoms with Crippen molar-refractivity contribution in [2.75, 3.05) is 21.2 Å². The van der Waals surface area contributed by atoms with Crippen molar-refractivity contribution in [3.63, 3.8) is 0 Å². The average Bonchev–Trinajstić information content (AvgIpc) is 2.70. The molecule has 1 heterocycles. The van der Waals surface area contributed by atoms with Gasteiger partial charge >= 0.3 is 0 Å². The number of hydrogen-bond donors (Lipinski definition) is 0. The molecule has 0 amide bonds. The van der Waals surface area contributed by atoms with Crippen LogP contribution in [-0.2, 0) is 0 Å². The molecular weight excluding hydrogens is 224 g/mol. The van der Waals surface area contributed by atoms with E-state index in [0.29, 0.717) is 6.04 Å². The largest absolute Gasteiger partial charge is 0.497 e. The normalized spacial score (nSPS) is 23.3. The van der Waals surface area contributed by atoms with Gasteiger partial charge in [-0.1, -0.05) is 0 Å². The second kappa shape index (κ2) is 4.32. The van der Waals surface area contributed by atoms with Crippen molar-refractivity contribution in [2.45, 2.75) is 24.9 Å². The summed E-state index contributed by atoms with van der Waals surface area (Å²) in [6.45, 7) is 0. The highest BCUT2D eigenvalue weighted by Crippen LogP contribution is 2.37. The van der Waals surface area contributed by atoms with Crippen molar-refractivity contribution in [1.29, 1.82) is 0 Å². The zero-order chi connectivity index (χ0) is 12.7. The van der Waals surface area contributed by atoms with Crippen LogP contribution in [0.1, 0.15) is 18.9 Å². The zero-order valence-electron chi connectivity index (χ0n) is 11.3. The number of nitrogens with zero attached hydrogens (tertiary/aromatic N) is 2. The van der Waals surface area contributed by atoms with E-state index in [0.717, 1.165) is 11.8 Å². The summed E-state index contributed by atoms with van der Waals surface area (Å²) in [6.07, 6.45) is 4.70. The van der Waals surface area contributed by atoms with Gasteiger partial charge in [-0.3, -0.25) is 0 Å². The van der Waals surface area contributed by atoms with Gasteiger partial charge in [0.15, 0.2) is 0 Å². The Morgan fingerprint density at radius 1 is 1.22 bits per heavy atom. The van der Waals surface area contributed by atoms with Crippen LogP contribution >= 0.6 is 0 Å². The third-order valence-electron chi connectivity index (χ3n) is 4.14. The Morgan fingerprint density at radius 2 is 2.00 bits per heavy atom. The monoisotopic (exact) mass is 244 g/mol. The zero-order valence-corrected chi connectivity index (χ0v) is 11.3. The summed E-state index contributed by atoms with van der Waals surface area (Å²) < 4.78 is 7.72. The topological polar surface area (TPSA) is 17.4 Å². The molecule has 1 aliphatic rings. The predicted molar refractivity (Wildman–Crippen MR) is 74.2 cm³/mol. The average molecular weight is 244 g/mol. The van der Waals surface area contributed by atoms with Crippen LogP contribution in [0.4, 0.5) is 0 Å². The molecule has 1 aliphatic carbocycles. The van der Waals surface area contributed by atoms with E-state index in [9.17, 15) is 0 Å². The lowest BCUT2D eigenvalue weighted by atomic mass is 9.85. The van der Waals surface area contributed by atoms with Gasteiger partial charge in [0.05, 0.1) is 12.6 Å². The van der Waals surface area contributed by atoms with Crippen molar-refractivity contribution in [3.8, 4) is 5.75 Å². The quantitative estimate of drug-likeness (QED) is 0.826. The van der Waals surface area contributed by atoms with Crippen LogP contribution in [0.2, 0.25) is 0 Å². The number of methoxy groups -OCH3 is 1. The van der Waals surface area contributed by atoms with E-state index in [1.54, 1.807) is 7.11 Å². The minimum absolute atomic E-state index is 0.641. The van der Waals surface area contributed by atoms with E-state index in [1.807, 2.05) is 6.07 Å². The Balaban J connectivity index is 1.89. The molecule has 18 heavy (non-hydrogen) atoms. The molecule has 0 N–H and O–H groups in total. The summed E-state index contributed by atoms with van der Waals surface area (Å²) in [5.74, 6) is 0.936. The summed E-state index contributed by atoms with van der Waals surface area (Å²) in [5.41, 5.74) is 1.29. The fraction of sp³-hybridized carbons (Fsp3) is 0.467. The van der Waals surface area contributed by atoms with Crippen molar-refractivity contribution in [1.82, 2.24) is 9.47 Å². The number of rotatable bonds is 3. The van der Waals surface area contributed by atoms with E-state index in [1.165, 1.54) is 23.7 Å². The summed E-state index contributed by atoms with van der Waals surface area (Å²) >= 11 is 0. The molecule has 3 rings (SSSR count). The molecule has 1 aromatic carbocycles. The van der Waals surface area contributed by atoms with Crippen LogP contribution in [0.25, 0.3) is 10.9 Å². The van der Waals surface area contributed by atoms with Crippen LogP contribution < -0.4 is 4.74 Å². The number of ether oxygens (including phenoxy) is 1. The van der Waals surface area contributed by atoms with Crippen molar-refractivity contribution >= 4 is 10.9 Å². The van der Waals surface area contributed by atoms with Gasteiger partial charge in [-0.2, -0.15) is 0 Å². The lowest BCUT2D eigenvalue weighted by Crippen LogP contribution is -2.41. The minimum atomic E-state index is 0.641. The number of benzene rings is 1. The number of fused-ring (bicyclic) bond motifs is 1. The highest BCUT2D eigenvalue weighted by atomic mass is 16.5. The predicted octanol–water partition coefficient (Wildman–Crippen LogP) is 2.92. The van der Waals surface area contributed by atoms with Gasteiger partial charge in [-0.25, -0.2) is 0 Å². The Morgan fingerprint density at radius 3 is 2.67 bits per heavy atom. The highest BCUT2D eigenvalue weighted by Gasteiger charge is 2.32. The number of hydrogen-bond acceptors (Lipinski definition) is 2. The summed E-state index contributed by atoms with van der Waals surface area (Å²) in [4.78, 5) is 2.32. The molecule has 1 saturated carbocycles. The SMILES string of the molecule is COc1ccc2ccn(C3CC(N(C)C)C3)c2c1. The maximum absolute atomic E-state index is 5.32. The molecule has 1 fully saturated rings. The molecule has 1 aromatic heterocycles. The van der Waals surface area contributed by atoms with E-state index < -0.39 is 0 Å². The fourth-order valence-corrected chi connectivity index (χ4v) is 2.78. The highest BCUT2D eigenvalue weighted by molar-refractivity contribution is 5.81. The van der Waals surface area contributed by atoms with Crippen LogP contribution in [0.15, 0.2) is 30.5 Å². The van der Waals surface area contributed by atoms with Crippen LogP contribution in [0, 0.1) is 0 Å². The van der Waals surface area contributed by atoms with Crippen molar-refractivity contribution in [2.24, 2.45) is 0 Å². The molecular formula is C15H20N2O. The summed E-state index contributed by atoms with van der Waals surface area (Å²) in [6, 6.07) is 9.86. The summed E-state index contributed by atoms with van der Waals surface area (Å²) in [7, 11) is 6.05. The second-order valence-corrected chi connectivity index (χ2v) is 5.39. The maximum Gasteiger partial charge on any atom is 0.120 e. The van der Waals surface area contributed by atoms with Crippen LogP contribution in [0.3, 0.4) is 0 Å². The lowest BCUT2D eigenvalue weighted by Gasteiger charge is -2.40. The molecule has 2 aromatic rings. The molecule has 0 bridgehead atoms. The smallest absolute Gasteiger partial charge is 0.120 e. The van der Waals surface area contributed by atoms with Gasteiger partial charge in [0.1, 0.15) is 5.75 Å². The molecule has 96 valence electrons. The molecule has 0 radical (unpaired) electrons. The first-order valence-electron chi connectivity index (χ1n) is 6.50.